The van der Waals surface area contributed by atoms with E-state index in [1.54, 1.807) is 27.7 Å². The lowest BCUT2D eigenvalue weighted by Gasteiger charge is -2.39. The zero-order valence-electron chi connectivity index (χ0n) is 23.7. The van der Waals surface area contributed by atoms with Gasteiger partial charge < -0.3 is 23.7 Å². The van der Waals surface area contributed by atoms with Crippen LogP contribution in [-0.4, -0.2) is 65.4 Å². The molecule has 2 amide bonds. The Hall–Kier alpha value is -3.49. The van der Waals surface area contributed by atoms with Gasteiger partial charge in [-0.25, -0.2) is 4.39 Å². The fourth-order valence-corrected chi connectivity index (χ4v) is 6.58. The average Bonchev–Trinajstić information content (AvgIpc) is 3.51. The third-order valence-corrected chi connectivity index (χ3v) is 9.13. The third-order valence-electron chi connectivity index (χ3n) is 8.54. The summed E-state index contributed by atoms with van der Waals surface area (Å²) in [4.78, 5) is 33.2. The van der Waals surface area contributed by atoms with Crippen LogP contribution in [0.3, 0.4) is 0 Å². The first kappa shape index (κ1) is 28.6. The van der Waals surface area contributed by atoms with Gasteiger partial charge in [0.05, 0.1) is 12.1 Å². The minimum atomic E-state index is -0.425. The average molecular weight is 612 g/mol. The van der Waals surface area contributed by atoms with Crippen molar-refractivity contribution in [2.75, 3.05) is 44.2 Å². The van der Waals surface area contributed by atoms with Crippen LogP contribution in [0.4, 0.5) is 10.1 Å². The van der Waals surface area contributed by atoms with Gasteiger partial charge in [-0.2, -0.15) is 0 Å². The van der Waals surface area contributed by atoms with Crippen LogP contribution < -0.4 is 4.90 Å². The molecule has 42 heavy (non-hydrogen) atoms. The van der Waals surface area contributed by atoms with Crippen molar-refractivity contribution in [2.24, 2.45) is 5.92 Å². The third kappa shape index (κ3) is 5.50. The molecule has 0 aliphatic carbocycles. The van der Waals surface area contributed by atoms with E-state index in [-0.39, 0.29) is 24.3 Å². The van der Waals surface area contributed by atoms with E-state index in [0.29, 0.717) is 77.2 Å². The molecule has 0 spiro atoms. The summed E-state index contributed by atoms with van der Waals surface area (Å²) in [6, 6.07) is 14.0. The predicted molar refractivity (Wildman–Crippen MR) is 163 cm³/mol. The molecule has 10 heteroatoms. The van der Waals surface area contributed by atoms with Gasteiger partial charge in [0.25, 0.3) is 5.91 Å². The zero-order valence-corrected chi connectivity index (χ0v) is 25.2. The smallest absolute Gasteiger partial charge is 0.270 e. The van der Waals surface area contributed by atoms with E-state index >= 15 is 0 Å². The Morgan fingerprint density at radius 3 is 2.38 bits per heavy atom. The SMILES string of the molecule is Cc1cc2c(cc(C(=O)N3CCC(C(=O)N4CCN(c5cc(Cl)ccc5C)CC4)CC3)n2Cc2c(F)cccc2Cl)o1. The van der Waals surface area contributed by atoms with Gasteiger partial charge in [0.15, 0.2) is 5.58 Å². The Bertz CT molecular complexity index is 1630. The van der Waals surface area contributed by atoms with E-state index in [2.05, 4.69) is 11.8 Å². The van der Waals surface area contributed by atoms with Crippen LogP contribution in [0.15, 0.2) is 52.9 Å². The van der Waals surface area contributed by atoms with Gasteiger partial charge in [-0.15, -0.1) is 0 Å². The van der Waals surface area contributed by atoms with Crippen molar-refractivity contribution in [1.82, 2.24) is 14.4 Å². The molecule has 2 aromatic heterocycles. The highest BCUT2D eigenvalue weighted by Crippen LogP contribution is 2.30. The number of piperidine rings is 1. The minimum Gasteiger partial charge on any atom is -0.460 e. The Kier molecular flexibility index (Phi) is 7.94. The molecule has 0 unspecified atom stereocenters. The molecule has 4 heterocycles. The molecule has 0 saturated carbocycles. The highest BCUT2D eigenvalue weighted by Gasteiger charge is 2.33. The number of benzene rings is 2. The first-order valence-electron chi connectivity index (χ1n) is 14.3. The number of halogens is 3. The van der Waals surface area contributed by atoms with E-state index in [1.165, 1.54) is 11.6 Å². The van der Waals surface area contributed by atoms with Gasteiger partial charge in [-0.05, 0) is 56.5 Å². The predicted octanol–water partition coefficient (Wildman–Crippen LogP) is 6.55. The second-order valence-corrected chi connectivity index (χ2v) is 12.1. The fourth-order valence-electron chi connectivity index (χ4n) is 6.19. The standard InChI is InChI=1S/C32H33Cl2FN4O3/c1-20-6-7-23(33)17-27(20)36-12-14-38(15-13-36)31(40)22-8-10-37(11-9-22)32(41)29-18-30-28(16-21(2)42-30)39(29)19-24-25(34)4-3-5-26(24)35/h3-7,16-18,22H,8-15,19H2,1-2H3. The molecule has 0 atom stereocenters. The first-order valence-corrected chi connectivity index (χ1v) is 15.1. The van der Waals surface area contributed by atoms with E-state index in [9.17, 15) is 14.0 Å². The summed E-state index contributed by atoms with van der Waals surface area (Å²) < 4.78 is 22.3. The molecule has 2 saturated heterocycles. The van der Waals surface area contributed by atoms with Crippen molar-refractivity contribution in [3.8, 4) is 0 Å². The molecule has 2 aliphatic heterocycles. The normalized spacial score (nSPS) is 16.5. The molecule has 0 radical (unpaired) electrons. The molecule has 2 aliphatic rings. The summed E-state index contributed by atoms with van der Waals surface area (Å²) >= 11 is 12.6. The van der Waals surface area contributed by atoms with Gasteiger partial charge in [0.1, 0.15) is 17.3 Å². The van der Waals surface area contributed by atoms with Crippen LogP contribution in [-0.2, 0) is 11.3 Å². The van der Waals surface area contributed by atoms with Gasteiger partial charge in [0.2, 0.25) is 5.91 Å². The van der Waals surface area contributed by atoms with Crippen LogP contribution in [0.5, 0.6) is 0 Å². The number of aromatic nitrogens is 1. The van der Waals surface area contributed by atoms with E-state index in [4.69, 9.17) is 27.6 Å². The Labute approximate surface area is 254 Å². The van der Waals surface area contributed by atoms with Crippen molar-refractivity contribution in [1.29, 1.82) is 0 Å². The number of fused-ring (bicyclic) bond motifs is 1. The maximum Gasteiger partial charge on any atom is 0.270 e. The number of hydrogen-bond donors (Lipinski definition) is 0. The monoisotopic (exact) mass is 610 g/mol. The number of likely N-dealkylation sites (tertiary alicyclic amines) is 1. The zero-order chi connectivity index (χ0) is 29.5. The topological polar surface area (TPSA) is 61.9 Å². The van der Waals surface area contributed by atoms with Gasteiger partial charge in [-0.3, -0.25) is 9.59 Å². The molecular weight excluding hydrogens is 578 g/mol. The highest BCUT2D eigenvalue weighted by atomic mass is 35.5. The van der Waals surface area contributed by atoms with E-state index in [1.807, 2.05) is 36.1 Å². The quantitative estimate of drug-likeness (QED) is 0.257. The van der Waals surface area contributed by atoms with Crippen molar-refractivity contribution < 1.29 is 18.4 Å². The molecule has 4 aromatic rings. The number of amides is 2. The number of rotatable bonds is 5. The number of aryl methyl sites for hydroxylation is 2. The van der Waals surface area contributed by atoms with E-state index in [0.717, 1.165) is 18.8 Å². The summed E-state index contributed by atoms with van der Waals surface area (Å²) in [7, 11) is 0. The number of nitrogens with zero attached hydrogens (tertiary/aromatic N) is 4. The van der Waals surface area contributed by atoms with Crippen LogP contribution in [0.2, 0.25) is 10.0 Å². The van der Waals surface area contributed by atoms with Gasteiger partial charge in [-0.1, -0.05) is 35.3 Å². The lowest BCUT2D eigenvalue weighted by atomic mass is 9.94. The number of furan rings is 1. The Morgan fingerprint density at radius 1 is 0.929 bits per heavy atom. The maximum absolute atomic E-state index is 14.7. The number of anilines is 1. The summed E-state index contributed by atoms with van der Waals surface area (Å²) in [6.45, 7) is 7.80. The molecule has 2 fully saturated rings. The van der Waals surface area contributed by atoms with Gasteiger partial charge >= 0.3 is 0 Å². The number of piperazine rings is 1. The molecule has 7 nitrogen and oxygen atoms in total. The highest BCUT2D eigenvalue weighted by molar-refractivity contribution is 6.31. The van der Waals surface area contributed by atoms with Crippen LogP contribution in [0, 0.1) is 25.6 Å². The van der Waals surface area contributed by atoms with Crippen LogP contribution in [0.1, 0.15) is 40.2 Å². The maximum atomic E-state index is 14.7. The minimum absolute atomic E-state index is 0.102. The molecular formula is C32H33Cl2FN4O3. The largest absolute Gasteiger partial charge is 0.460 e. The Balaban J connectivity index is 1.11. The second kappa shape index (κ2) is 11.7. The van der Waals surface area contributed by atoms with Crippen LogP contribution in [0.25, 0.3) is 11.1 Å². The molecule has 2 aromatic carbocycles. The number of hydrogen-bond acceptors (Lipinski definition) is 4. The van der Waals surface area contributed by atoms with Crippen molar-refractivity contribution in [3.05, 3.63) is 87.0 Å². The summed E-state index contributed by atoms with van der Waals surface area (Å²) in [5, 5.41) is 1.01. The summed E-state index contributed by atoms with van der Waals surface area (Å²) in [5.74, 6) is 0.163. The first-order chi connectivity index (χ1) is 20.2. The van der Waals surface area contributed by atoms with Gasteiger partial charge in [0, 0.05) is 78.6 Å². The van der Waals surface area contributed by atoms with Crippen LogP contribution >= 0.6 is 23.2 Å². The van der Waals surface area contributed by atoms with Crippen molar-refractivity contribution >= 4 is 51.8 Å². The number of carbonyl (C=O) groups is 2. The number of carbonyl (C=O) groups excluding carboxylic acids is 2. The van der Waals surface area contributed by atoms with Crippen molar-refractivity contribution in [2.45, 2.75) is 33.2 Å². The summed E-state index contributed by atoms with van der Waals surface area (Å²) in [5.41, 5.74) is 4.31. The second-order valence-electron chi connectivity index (χ2n) is 11.2. The molecule has 6 rings (SSSR count). The Morgan fingerprint density at radius 2 is 1.67 bits per heavy atom. The molecule has 0 N–H and O–H groups in total. The molecule has 220 valence electrons. The van der Waals surface area contributed by atoms with Crippen molar-refractivity contribution in [3.63, 3.8) is 0 Å². The lowest BCUT2D eigenvalue weighted by molar-refractivity contribution is -0.137. The lowest BCUT2D eigenvalue weighted by Crippen LogP contribution is -2.52. The van der Waals surface area contributed by atoms with E-state index < -0.39 is 5.82 Å². The summed E-state index contributed by atoms with van der Waals surface area (Å²) in [6.07, 6.45) is 1.21. The molecule has 0 bridgehead atoms. The fraction of sp³-hybridized carbons (Fsp3) is 0.375.